The van der Waals surface area contributed by atoms with Crippen LogP contribution in [-0.2, 0) is 6.42 Å². The minimum atomic E-state index is -0.156. The number of hydrogen-bond acceptors (Lipinski definition) is 3. The molecule has 0 aliphatic heterocycles. The van der Waals surface area contributed by atoms with Crippen molar-refractivity contribution in [1.29, 1.82) is 0 Å². The van der Waals surface area contributed by atoms with Crippen molar-refractivity contribution in [2.45, 2.75) is 12.5 Å². The molecule has 1 heterocycles. The molecule has 0 aliphatic carbocycles. The first kappa shape index (κ1) is 16.2. The molecule has 0 fully saturated rings. The summed E-state index contributed by atoms with van der Waals surface area (Å²) < 4.78 is 1.77. The van der Waals surface area contributed by atoms with Gasteiger partial charge in [0, 0.05) is 25.2 Å². The molecule has 0 saturated heterocycles. The highest BCUT2D eigenvalue weighted by molar-refractivity contribution is 9.11. The lowest BCUT2D eigenvalue weighted by Crippen LogP contribution is -2.30. The third-order valence-electron chi connectivity index (χ3n) is 2.81. The first-order valence-corrected chi connectivity index (χ1v) is 8.06. The maximum atomic E-state index is 6.19. The van der Waals surface area contributed by atoms with Gasteiger partial charge in [-0.2, -0.15) is 0 Å². The van der Waals surface area contributed by atoms with Gasteiger partial charge in [0.1, 0.15) is 0 Å². The lowest BCUT2D eigenvalue weighted by atomic mass is 10.0. The first-order chi connectivity index (χ1) is 9.51. The average Bonchev–Trinajstić information content (AvgIpc) is 2.39. The summed E-state index contributed by atoms with van der Waals surface area (Å²) in [7, 11) is 0. The fourth-order valence-electron chi connectivity index (χ4n) is 1.82. The van der Waals surface area contributed by atoms with E-state index in [1.807, 2.05) is 12.1 Å². The van der Waals surface area contributed by atoms with Crippen LogP contribution in [0.5, 0.6) is 0 Å². The number of benzene rings is 1. The van der Waals surface area contributed by atoms with E-state index in [1.54, 1.807) is 18.3 Å². The molecule has 0 bridgehead atoms. The van der Waals surface area contributed by atoms with Crippen molar-refractivity contribution in [2.75, 3.05) is 0 Å². The molecule has 106 valence electrons. The highest BCUT2D eigenvalue weighted by Crippen LogP contribution is 2.29. The fraction of sp³-hybridized carbons (Fsp3) is 0.154. The van der Waals surface area contributed by atoms with Crippen molar-refractivity contribution >= 4 is 55.1 Å². The normalized spacial score (nSPS) is 12.4. The van der Waals surface area contributed by atoms with Crippen LogP contribution < -0.4 is 11.3 Å². The molecule has 3 N–H and O–H groups in total. The third-order valence-corrected chi connectivity index (χ3v) is 4.46. The maximum Gasteiger partial charge on any atom is 0.0732 e. The molecule has 2 rings (SSSR count). The Bertz CT molecular complexity index is 623. The molecular weight excluding hydrogens is 429 g/mol. The number of nitrogens with one attached hydrogen (secondary N) is 1. The Kier molecular flexibility index (Phi) is 5.84. The van der Waals surface area contributed by atoms with Gasteiger partial charge in [0.15, 0.2) is 0 Å². The van der Waals surface area contributed by atoms with E-state index in [1.165, 1.54) is 0 Å². The molecule has 3 nitrogen and oxygen atoms in total. The quantitative estimate of drug-likeness (QED) is 0.538. The first-order valence-electron chi connectivity index (χ1n) is 5.72. The lowest BCUT2D eigenvalue weighted by Gasteiger charge is -2.17. The second-order valence-corrected chi connectivity index (χ2v) is 6.79. The highest BCUT2D eigenvalue weighted by Gasteiger charge is 2.17. The topological polar surface area (TPSA) is 50.9 Å². The number of pyridine rings is 1. The number of halogens is 4. The van der Waals surface area contributed by atoms with Gasteiger partial charge in [-0.15, -0.1) is 0 Å². The second-order valence-electron chi connectivity index (χ2n) is 4.18. The summed E-state index contributed by atoms with van der Waals surface area (Å²) >= 11 is 19.0. The van der Waals surface area contributed by atoms with Gasteiger partial charge in [0.25, 0.3) is 0 Å². The summed E-state index contributed by atoms with van der Waals surface area (Å²) in [5, 5.41) is 1.23. The van der Waals surface area contributed by atoms with Crippen LogP contribution in [0.2, 0.25) is 10.0 Å². The Morgan fingerprint density at radius 1 is 1.25 bits per heavy atom. The molecule has 20 heavy (non-hydrogen) atoms. The Morgan fingerprint density at radius 3 is 2.60 bits per heavy atom. The Morgan fingerprint density at radius 2 is 2.00 bits per heavy atom. The predicted molar refractivity (Wildman–Crippen MR) is 89.9 cm³/mol. The number of nitrogens with zero attached hydrogens (tertiary/aromatic N) is 1. The standard InChI is InChI=1S/C13H11Br2Cl2N3/c14-8-4-10(15)13(19-6-8)12(20-18)3-7-1-2-9(16)5-11(7)17/h1-2,4-6,12,20H,3,18H2. The second kappa shape index (κ2) is 7.20. The number of aromatic nitrogens is 1. The van der Waals surface area contributed by atoms with Crippen molar-refractivity contribution in [3.8, 4) is 0 Å². The molecule has 0 aliphatic rings. The van der Waals surface area contributed by atoms with E-state index in [2.05, 4.69) is 42.3 Å². The van der Waals surface area contributed by atoms with Crippen molar-refractivity contribution in [3.63, 3.8) is 0 Å². The van der Waals surface area contributed by atoms with Gasteiger partial charge in [-0.1, -0.05) is 29.3 Å². The van der Waals surface area contributed by atoms with E-state index in [0.717, 1.165) is 20.2 Å². The molecular formula is C13H11Br2Cl2N3. The molecule has 7 heteroatoms. The van der Waals surface area contributed by atoms with Gasteiger partial charge in [-0.05, 0) is 62.0 Å². The minimum Gasteiger partial charge on any atom is -0.271 e. The summed E-state index contributed by atoms with van der Waals surface area (Å²) in [6.07, 6.45) is 2.34. The van der Waals surface area contributed by atoms with Crippen LogP contribution in [0.1, 0.15) is 17.3 Å². The Hall–Kier alpha value is -0.170. The largest absolute Gasteiger partial charge is 0.271 e. The third kappa shape index (κ3) is 3.93. The van der Waals surface area contributed by atoms with E-state index < -0.39 is 0 Å². The zero-order valence-corrected chi connectivity index (χ0v) is 14.9. The predicted octanol–water partition coefficient (Wildman–Crippen LogP) is 4.66. The van der Waals surface area contributed by atoms with Gasteiger partial charge in [-0.25, -0.2) is 0 Å². The van der Waals surface area contributed by atoms with Gasteiger partial charge in [-0.3, -0.25) is 16.3 Å². The highest BCUT2D eigenvalue weighted by atomic mass is 79.9. The number of hydrazine groups is 1. The van der Waals surface area contributed by atoms with E-state index in [4.69, 9.17) is 29.0 Å². The Balaban J connectivity index is 2.28. The summed E-state index contributed by atoms with van der Waals surface area (Å²) in [5.74, 6) is 5.65. The van der Waals surface area contributed by atoms with Crippen LogP contribution in [0.25, 0.3) is 0 Å². The Labute approximate surface area is 144 Å². The van der Waals surface area contributed by atoms with Crippen LogP contribution in [0, 0.1) is 0 Å². The fourth-order valence-corrected chi connectivity index (χ4v) is 3.57. The van der Waals surface area contributed by atoms with E-state index >= 15 is 0 Å². The monoisotopic (exact) mass is 437 g/mol. The zero-order chi connectivity index (χ0) is 14.7. The summed E-state index contributed by atoms with van der Waals surface area (Å²) in [5.41, 5.74) is 4.54. The van der Waals surface area contributed by atoms with E-state index in [-0.39, 0.29) is 6.04 Å². The zero-order valence-electron chi connectivity index (χ0n) is 10.2. The average molecular weight is 440 g/mol. The van der Waals surface area contributed by atoms with E-state index in [0.29, 0.717) is 16.5 Å². The van der Waals surface area contributed by atoms with Crippen LogP contribution in [0.3, 0.4) is 0 Å². The van der Waals surface area contributed by atoms with Gasteiger partial charge < -0.3 is 0 Å². The summed E-state index contributed by atoms with van der Waals surface area (Å²) in [6, 6.07) is 7.19. The molecule has 1 unspecified atom stereocenters. The number of hydrogen-bond donors (Lipinski definition) is 2. The van der Waals surface area contributed by atoms with Crippen molar-refractivity contribution in [3.05, 3.63) is 60.7 Å². The lowest BCUT2D eigenvalue weighted by molar-refractivity contribution is 0.536. The molecule has 2 aromatic rings. The number of nitrogens with two attached hydrogens (primary N) is 1. The van der Waals surface area contributed by atoms with Gasteiger partial charge in [0.05, 0.1) is 11.7 Å². The van der Waals surface area contributed by atoms with Gasteiger partial charge >= 0.3 is 0 Å². The van der Waals surface area contributed by atoms with Crippen molar-refractivity contribution in [2.24, 2.45) is 5.84 Å². The molecule has 1 aromatic carbocycles. The summed E-state index contributed by atoms with van der Waals surface area (Å²) in [6.45, 7) is 0. The van der Waals surface area contributed by atoms with Crippen molar-refractivity contribution < 1.29 is 0 Å². The van der Waals surface area contributed by atoms with Crippen LogP contribution in [-0.4, -0.2) is 4.98 Å². The molecule has 0 radical (unpaired) electrons. The number of rotatable bonds is 4. The minimum absolute atomic E-state index is 0.156. The van der Waals surface area contributed by atoms with Crippen molar-refractivity contribution in [1.82, 2.24) is 10.4 Å². The smallest absolute Gasteiger partial charge is 0.0732 e. The van der Waals surface area contributed by atoms with Crippen LogP contribution >= 0.6 is 55.1 Å². The van der Waals surface area contributed by atoms with E-state index in [9.17, 15) is 0 Å². The van der Waals surface area contributed by atoms with Gasteiger partial charge in [0.2, 0.25) is 0 Å². The SMILES string of the molecule is NNC(Cc1ccc(Cl)cc1Cl)c1ncc(Br)cc1Br. The summed E-state index contributed by atoms with van der Waals surface area (Å²) in [4.78, 5) is 4.39. The van der Waals surface area contributed by atoms with Crippen LogP contribution in [0.4, 0.5) is 0 Å². The maximum absolute atomic E-state index is 6.19. The molecule has 1 aromatic heterocycles. The molecule has 0 saturated carbocycles. The molecule has 0 spiro atoms. The molecule has 1 atom stereocenters. The van der Waals surface area contributed by atoms with Crippen LogP contribution in [0.15, 0.2) is 39.4 Å². The molecule has 0 amide bonds.